The minimum absolute atomic E-state index is 0.0166. The smallest absolute Gasteiger partial charge is 0.357 e. The fourth-order valence-electron chi connectivity index (χ4n) is 3.17. The van der Waals surface area contributed by atoms with E-state index in [4.69, 9.17) is 16.3 Å². The number of alkyl halides is 6. The van der Waals surface area contributed by atoms with Crippen molar-refractivity contribution in [2.24, 2.45) is 0 Å². The minimum Gasteiger partial charge on any atom is -0.357 e. The summed E-state index contributed by atoms with van der Waals surface area (Å²) < 4.78 is 70.6. The van der Waals surface area contributed by atoms with E-state index >= 15 is 0 Å². The first-order valence-corrected chi connectivity index (χ1v) is 9.96. The highest BCUT2D eigenvalue weighted by Crippen LogP contribution is 2.45. The maximum Gasteiger partial charge on any atom is 0.402 e. The van der Waals surface area contributed by atoms with E-state index in [1.807, 2.05) is 0 Å². The normalized spacial score (nSPS) is 27.6. The van der Waals surface area contributed by atoms with Gasteiger partial charge in [-0.05, 0) is 12.5 Å². The van der Waals surface area contributed by atoms with Gasteiger partial charge in [0.1, 0.15) is 11.4 Å². The zero-order valence-electron chi connectivity index (χ0n) is 14.7. The summed E-state index contributed by atoms with van der Waals surface area (Å²) in [4.78, 5) is 24.9. The van der Waals surface area contributed by atoms with Gasteiger partial charge in [-0.25, -0.2) is 8.78 Å². The maximum atomic E-state index is 13.0. The molecule has 1 aromatic heterocycles. The highest BCUT2D eigenvalue weighted by Gasteiger charge is 2.52. The summed E-state index contributed by atoms with van der Waals surface area (Å²) in [7, 11) is 0. The van der Waals surface area contributed by atoms with E-state index in [1.54, 1.807) is 0 Å². The molecular weight excluding hydrogens is 445 g/mol. The van der Waals surface area contributed by atoms with E-state index in [2.05, 4.69) is 10.6 Å². The number of hydrogen-bond donors (Lipinski definition) is 2. The number of amides is 1. The third-order valence-electron chi connectivity index (χ3n) is 4.47. The van der Waals surface area contributed by atoms with Gasteiger partial charge in [0.25, 0.3) is 12.0 Å². The summed E-state index contributed by atoms with van der Waals surface area (Å²) in [6.45, 7) is -0.445. The van der Waals surface area contributed by atoms with E-state index in [1.165, 1.54) is 6.07 Å². The zero-order valence-corrected chi connectivity index (χ0v) is 16.3. The topological polar surface area (TPSA) is 72.4 Å². The van der Waals surface area contributed by atoms with Gasteiger partial charge in [-0.15, -0.1) is 23.4 Å². The Morgan fingerprint density at radius 1 is 1.45 bits per heavy atom. The van der Waals surface area contributed by atoms with E-state index in [9.17, 15) is 31.5 Å². The Hall–Kier alpha value is -1.37. The number of ether oxygens (including phenoxy) is 1. The largest absolute Gasteiger partial charge is 0.402 e. The average molecular weight is 462 g/mol. The van der Waals surface area contributed by atoms with Crippen LogP contribution in [-0.4, -0.2) is 52.2 Å². The van der Waals surface area contributed by atoms with E-state index in [0.717, 1.165) is 10.8 Å². The van der Waals surface area contributed by atoms with Crippen LogP contribution in [-0.2, 0) is 16.1 Å². The number of aromatic nitrogens is 1. The van der Waals surface area contributed by atoms with Gasteiger partial charge in [-0.3, -0.25) is 14.9 Å². The number of thioether (sulfide) groups is 1. The molecule has 0 aliphatic carbocycles. The number of nitrogens with zero attached hydrogens (tertiary/aromatic N) is 1. The molecule has 0 radical (unpaired) electrons. The van der Waals surface area contributed by atoms with Crippen LogP contribution in [0.3, 0.4) is 0 Å². The van der Waals surface area contributed by atoms with Crippen LogP contribution in [0.15, 0.2) is 17.1 Å². The van der Waals surface area contributed by atoms with Gasteiger partial charge >= 0.3 is 6.18 Å². The van der Waals surface area contributed by atoms with E-state index in [-0.39, 0.29) is 30.9 Å². The van der Waals surface area contributed by atoms with Gasteiger partial charge in [-0.2, -0.15) is 13.2 Å². The Balaban J connectivity index is 1.82. The van der Waals surface area contributed by atoms with Gasteiger partial charge in [0.15, 0.2) is 0 Å². The quantitative estimate of drug-likeness (QED) is 0.521. The molecule has 2 N–H and O–H groups in total. The minimum atomic E-state index is -4.55. The van der Waals surface area contributed by atoms with Gasteiger partial charge < -0.3 is 14.6 Å². The second kappa shape index (κ2) is 8.78. The molecule has 2 saturated heterocycles. The highest BCUT2D eigenvalue weighted by molar-refractivity contribution is 8.01. The molecule has 0 bridgehead atoms. The van der Waals surface area contributed by atoms with Gasteiger partial charge in [0, 0.05) is 18.3 Å². The van der Waals surface area contributed by atoms with E-state index in [0.29, 0.717) is 11.8 Å². The lowest BCUT2D eigenvalue weighted by Gasteiger charge is -2.17. The van der Waals surface area contributed by atoms with Crippen LogP contribution in [0.2, 0.25) is 0 Å². The molecule has 13 heteroatoms. The third kappa shape index (κ3) is 5.22. The van der Waals surface area contributed by atoms with Crippen molar-refractivity contribution in [2.75, 3.05) is 18.6 Å². The van der Waals surface area contributed by atoms with Crippen LogP contribution in [0.25, 0.3) is 0 Å². The van der Waals surface area contributed by atoms with Crippen LogP contribution in [0.5, 0.6) is 0 Å². The molecule has 0 saturated carbocycles. The molecule has 1 aromatic rings. The van der Waals surface area contributed by atoms with E-state index < -0.39 is 52.6 Å². The van der Waals surface area contributed by atoms with Crippen molar-refractivity contribution >= 4 is 35.0 Å². The summed E-state index contributed by atoms with van der Waals surface area (Å²) in [6.07, 6.45) is -7.20. The summed E-state index contributed by atoms with van der Waals surface area (Å²) in [5.41, 5.74) is -0.607. The molecule has 6 nitrogen and oxygen atoms in total. The van der Waals surface area contributed by atoms with Crippen molar-refractivity contribution in [2.45, 2.75) is 47.5 Å². The molecule has 0 spiro atoms. The molecule has 3 heterocycles. The standard InChI is InChI=1S/C16H17ClF5N3O3S/c17-9-2-11(29-13(9)16(20,21)22)14(26)24-7-1-8(10-3-23-6-28-10)15(27)25(4-7)5-12(18)19/h1,4,9-13,23H,2-3,5-6H2,(H,24,26). The SMILES string of the molecule is O=C(Nc1cc(C2CNCO2)c(=O)n(CC(F)F)c1)C1CC(Cl)C(C(F)(F)F)S1. The first kappa shape index (κ1) is 22.3. The van der Waals surface area contributed by atoms with Gasteiger partial charge in [0.2, 0.25) is 5.91 Å². The Bertz CT molecular complexity index is 816. The highest BCUT2D eigenvalue weighted by atomic mass is 35.5. The monoisotopic (exact) mass is 461 g/mol. The molecule has 162 valence electrons. The molecule has 2 aliphatic rings. The third-order valence-corrected chi connectivity index (χ3v) is 6.68. The molecule has 4 atom stereocenters. The number of hydrogen-bond acceptors (Lipinski definition) is 5. The van der Waals surface area contributed by atoms with Crippen molar-refractivity contribution in [1.29, 1.82) is 0 Å². The molecule has 2 fully saturated rings. The summed E-state index contributed by atoms with van der Waals surface area (Å²) in [5.74, 6) is -0.744. The lowest BCUT2D eigenvalue weighted by atomic mass is 10.1. The number of halogens is 6. The fraction of sp³-hybridized carbons (Fsp3) is 0.625. The number of nitrogens with one attached hydrogen (secondary N) is 2. The number of carbonyl (C=O) groups excluding carboxylic acids is 1. The Kier molecular flexibility index (Phi) is 6.76. The summed E-state index contributed by atoms with van der Waals surface area (Å²) in [6, 6.07) is 1.29. The van der Waals surface area contributed by atoms with Crippen molar-refractivity contribution in [3.05, 3.63) is 28.2 Å². The second-order valence-corrected chi connectivity index (χ2v) is 8.52. The molecule has 2 aliphatic heterocycles. The molecule has 3 rings (SSSR count). The maximum absolute atomic E-state index is 13.0. The van der Waals surface area contributed by atoms with Crippen LogP contribution >= 0.6 is 23.4 Å². The molecule has 0 aromatic carbocycles. The Labute approximate surface area is 171 Å². The van der Waals surface area contributed by atoms with Crippen LogP contribution < -0.4 is 16.2 Å². The molecule has 29 heavy (non-hydrogen) atoms. The first-order chi connectivity index (χ1) is 13.6. The van der Waals surface area contributed by atoms with Crippen molar-refractivity contribution in [3.8, 4) is 0 Å². The number of pyridine rings is 1. The lowest BCUT2D eigenvalue weighted by molar-refractivity contribution is -0.128. The fourth-order valence-corrected chi connectivity index (χ4v) is 5.07. The molecular formula is C16H17ClF5N3O3S. The second-order valence-electron chi connectivity index (χ2n) is 6.61. The molecule has 1 amide bonds. The molecule has 4 unspecified atom stereocenters. The number of anilines is 1. The zero-order chi connectivity index (χ0) is 21.3. The van der Waals surface area contributed by atoms with Crippen molar-refractivity contribution in [3.63, 3.8) is 0 Å². The predicted molar refractivity (Wildman–Crippen MR) is 97.5 cm³/mol. The van der Waals surface area contributed by atoms with Gasteiger partial charge in [0.05, 0.1) is 29.6 Å². The lowest BCUT2D eigenvalue weighted by Crippen LogP contribution is -2.31. The Morgan fingerprint density at radius 2 is 2.17 bits per heavy atom. The average Bonchev–Trinajstić information content (AvgIpc) is 3.26. The summed E-state index contributed by atoms with van der Waals surface area (Å²) in [5, 5.41) is 1.08. The van der Waals surface area contributed by atoms with Crippen molar-refractivity contribution in [1.82, 2.24) is 9.88 Å². The Morgan fingerprint density at radius 3 is 2.72 bits per heavy atom. The van der Waals surface area contributed by atoms with Gasteiger partial charge in [-0.1, -0.05) is 0 Å². The predicted octanol–water partition coefficient (Wildman–Crippen LogP) is 2.71. The summed E-state index contributed by atoms with van der Waals surface area (Å²) >= 11 is 6.15. The number of rotatable bonds is 5. The number of carbonyl (C=O) groups is 1. The van der Waals surface area contributed by atoms with Crippen LogP contribution in [0.4, 0.5) is 27.6 Å². The van der Waals surface area contributed by atoms with Crippen LogP contribution in [0, 0.1) is 0 Å². The van der Waals surface area contributed by atoms with Crippen LogP contribution in [0.1, 0.15) is 18.1 Å². The van der Waals surface area contributed by atoms with Crippen molar-refractivity contribution < 1.29 is 31.5 Å². The first-order valence-electron chi connectivity index (χ1n) is 8.58.